The Balaban J connectivity index is 1.74. The van der Waals surface area contributed by atoms with E-state index < -0.39 is 0 Å². The van der Waals surface area contributed by atoms with Crippen LogP contribution in [0.3, 0.4) is 0 Å². The zero-order chi connectivity index (χ0) is 15.9. The molecule has 0 radical (unpaired) electrons. The molecule has 0 saturated carbocycles. The first-order valence-electron chi connectivity index (χ1n) is 7.84. The molecule has 0 spiro atoms. The topological polar surface area (TPSA) is 50.8 Å². The second kappa shape index (κ2) is 8.03. The Kier molecular flexibility index (Phi) is 6.07. The number of rotatable bonds is 6. The first-order chi connectivity index (χ1) is 10.6. The molecule has 22 heavy (non-hydrogen) atoms. The second-order valence-corrected chi connectivity index (χ2v) is 6.00. The lowest BCUT2D eigenvalue weighted by Gasteiger charge is -2.29. The quantitative estimate of drug-likeness (QED) is 0.872. The number of likely N-dealkylation sites (tertiary alicyclic amines) is 1. The summed E-state index contributed by atoms with van der Waals surface area (Å²) in [6.45, 7) is 4.35. The normalized spacial score (nSPS) is 20.2. The van der Waals surface area contributed by atoms with Crippen LogP contribution in [0.4, 0.5) is 0 Å². The third-order valence-electron chi connectivity index (χ3n) is 3.94. The van der Waals surface area contributed by atoms with E-state index in [4.69, 9.17) is 9.47 Å². The summed E-state index contributed by atoms with van der Waals surface area (Å²) in [5, 5.41) is 3.05. The SMILES string of the molecule is COc1ccc(OC[C@H](C)NC(=O)[C@@H]2CCCN(C)C2)cc1. The summed E-state index contributed by atoms with van der Waals surface area (Å²) in [5.41, 5.74) is 0. The van der Waals surface area contributed by atoms with Crippen molar-refractivity contribution in [3.63, 3.8) is 0 Å². The van der Waals surface area contributed by atoms with Crippen molar-refractivity contribution in [2.24, 2.45) is 5.92 Å². The van der Waals surface area contributed by atoms with Crippen LogP contribution in [0, 0.1) is 5.92 Å². The summed E-state index contributed by atoms with van der Waals surface area (Å²) in [6, 6.07) is 7.43. The monoisotopic (exact) mass is 306 g/mol. The maximum Gasteiger partial charge on any atom is 0.224 e. The molecule has 5 heteroatoms. The number of carbonyl (C=O) groups excluding carboxylic acids is 1. The van der Waals surface area contributed by atoms with Gasteiger partial charge in [-0.15, -0.1) is 0 Å². The Morgan fingerprint density at radius 3 is 2.68 bits per heavy atom. The maximum absolute atomic E-state index is 12.2. The molecule has 0 bridgehead atoms. The van der Waals surface area contributed by atoms with Crippen molar-refractivity contribution in [2.75, 3.05) is 33.9 Å². The standard InChI is InChI=1S/C17H26N2O3/c1-13(12-22-16-8-6-15(21-3)7-9-16)18-17(20)14-5-4-10-19(2)11-14/h6-9,13-14H,4-5,10-12H2,1-3H3,(H,18,20)/t13-,14+/m0/s1. The number of hydrogen-bond acceptors (Lipinski definition) is 4. The van der Waals surface area contributed by atoms with Crippen molar-refractivity contribution in [1.82, 2.24) is 10.2 Å². The molecule has 1 N–H and O–H groups in total. The number of hydrogen-bond donors (Lipinski definition) is 1. The Morgan fingerprint density at radius 1 is 1.36 bits per heavy atom. The van der Waals surface area contributed by atoms with E-state index in [9.17, 15) is 4.79 Å². The number of nitrogens with zero attached hydrogens (tertiary/aromatic N) is 1. The number of benzene rings is 1. The van der Waals surface area contributed by atoms with Crippen LogP contribution in [0.1, 0.15) is 19.8 Å². The highest BCUT2D eigenvalue weighted by Gasteiger charge is 2.24. The van der Waals surface area contributed by atoms with E-state index in [0.717, 1.165) is 37.4 Å². The minimum absolute atomic E-state index is 0.0122. The number of nitrogens with one attached hydrogen (secondary N) is 1. The summed E-state index contributed by atoms with van der Waals surface area (Å²) < 4.78 is 10.8. The Morgan fingerprint density at radius 2 is 2.05 bits per heavy atom. The van der Waals surface area contributed by atoms with Crippen LogP contribution in [-0.4, -0.2) is 50.7 Å². The lowest BCUT2D eigenvalue weighted by atomic mass is 9.97. The third kappa shape index (κ3) is 4.91. The van der Waals surface area contributed by atoms with Gasteiger partial charge in [-0.25, -0.2) is 0 Å². The molecule has 1 fully saturated rings. The van der Waals surface area contributed by atoms with Crippen molar-refractivity contribution >= 4 is 5.91 Å². The van der Waals surface area contributed by atoms with Crippen LogP contribution in [-0.2, 0) is 4.79 Å². The molecule has 1 heterocycles. The predicted octanol–water partition coefficient (Wildman–Crippen LogP) is 1.92. The average molecular weight is 306 g/mol. The smallest absolute Gasteiger partial charge is 0.224 e. The van der Waals surface area contributed by atoms with E-state index in [1.54, 1.807) is 7.11 Å². The lowest BCUT2D eigenvalue weighted by Crippen LogP contribution is -2.45. The number of carbonyl (C=O) groups is 1. The number of ether oxygens (including phenoxy) is 2. The summed E-state index contributed by atoms with van der Waals surface area (Å²) in [7, 11) is 3.70. The molecular weight excluding hydrogens is 280 g/mol. The molecule has 5 nitrogen and oxygen atoms in total. The van der Waals surface area contributed by atoms with Crippen molar-refractivity contribution < 1.29 is 14.3 Å². The molecule has 0 unspecified atom stereocenters. The zero-order valence-electron chi connectivity index (χ0n) is 13.7. The lowest BCUT2D eigenvalue weighted by molar-refractivity contribution is -0.127. The van der Waals surface area contributed by atoms with Gasteiger partial charge in [-0.3, -0.25) is 4.79 Å². The molecule has 1 aliphatic heterocycles. The van der Waals surface area contributed by atoms with E-state index >= 15 is 0 Å². The summed E-state index contributed by atoms with van der Waals surface area (Å²) in [4.78, 5) is 14.5. The molecule has 1 aliphatic rings. The van der Waals surface area contributed by atoms with Gasteiger partial charge in [0.25, 0.3) is 0 Å². The Labute approximate surface area is 132 Å². The fourth-order valence-electron chi connectivity index (χ4n) is 2.68. The molecule has 0 aromatic heterocycles. The van der Waals surface area contributed by atoms with E-state index in [1.807, 2.05) is 31.2 Å². The molecule has 1 aromatic rings. The minimum Gasteiger partial charge on any atom is -0.497 e. The first kappa shape index (κ1) is 16.6. The highest BCUT2D eigenvalue weighted by atomic mass is 16.5. The third-order valence-corrected chi connectivity index (χ3v) is 3.94. The highest BCUT2D eigenvalue weighted by Crippen LogP contribution is 2.17. The number of methoxy groups -OCH3 is 1. The van der Waals surface area contributed by atoms with Crippen LogP contribution in [0.2, 0.25) is 0 Å². The van der Waals surface area contributed by atoms with Gasteiger partial charge in [-0.1, -0.05) is 0 Å². The van der Waals surface area contributed by atoms with Crippen molar-refractivity contribution in [2.45, 2.75) is 25.8 Å². The molecule has 0 aliphatic carbocycles. The van der Waals surface area contributed by atoms with Crippen LogP contribution < -0.4 is 14.8 Å². The van der Waals surface area contributed by atoms with E-state index in [0.29, 0.717) is 6.61 Å². The Hall–Kier alpha value is -1.75. The molecular formula is C17H26N2O3. The van der Waals surface area contributed by atoms with Gasteiger partial charge in [-0.2, -0.15) is 0 Å². The summed E-state index contributed by atoms with van der Waals surface area (Å²) in [5.74, 6) is 1.81. The fraction of sp³-hybridized carbons (Fsp3) is 0.588. The fourth-order valence-corrected chi connectivity index (χ4v) is 2.68. The second-order valence-electron chi connectivity index (χ2n) is 6.00. The van der Waals surface area contributed by atoms with Gasteiger partial charge in [0, 0.05) is 6.54 Å². The molecule has 122 valence electrons. The van der Waals surface area contributed by atoms with Gasteiger partial charge in [0.15, 0.2) is 0 Å². The Bertz CT molecular complexity index is 475. The van der Waals surface area contributed by atoms with Crippen molar-refractivity contribution in [1.29, 1.82) is 0 Å². The maximum atomic E-state index is 12.2. The number of piperidine rings is 1. The zero-order valence-corrected chi connectivity index (χ0v) is 13.7. The molecule has 1 aromatic carbocycles. The largest absolute Gasteiger partial charge is 0.497 e. The molecule has 2 rings (SSSR count). The van der Waals surface area contributed by atoms with Gasteiger partial charge in [-0.05, 0) is 57.6 Å². The van der Waals surface area contributed by atoms with E-state index in [-0.39, 0.29) is 17.9 Å². The van der Waals surface area contributed by atoms with Gasteiger partial charge in [0.2, 0.25) is 5.91 Å². The van der Waals surface area contributed by atoms with Crippen molar-refractivity contribution in [3.8, 4) is 11.5 Å². The van der Waals surface area contributed by atoms with Crippen molar-refractivity contribution in [3.05, 3.63) is 24.3 Å². The minimum atomic E-state index is -0.0122. The predicted molar refractivity (Wildman–Crippen MR) is 86.3 cm³/mol. The van der Waals surface area contributed by atoms with Gasteiger partial charge in [0.1, 0.15) is 18.1 Å². The molecule has 2 atom stereocenters. The van der Waals surface area contributed by atoms with Crippen LogP contribution in [0.25, 0.3) is 0 Å². The van der Waals surface area contributed by atoms with E-state index in [1.165, 1.54) is 0 Å². The summed E-state index contributed by atoms with van der Waals surface area (Å²) in [6.07, 6.45) is 2.06. The average Bonchev–Trinajstić information content (AvgIpc) is 2.53. The van der Waals surface area contributed by atoms with Crippen LogP contribution >= 0.6 is 0 Å². The highest BCUT2D eigenvalue weighted by molar-refractivity contribution is 5.79. The molecule has 1 amide bonds. The number of amides is 1. The molecule has 1 saturated heterocycles. The van der Waals surface area contributed by atoms with E-state index in [2.05, 4.69) is 17.3 Å². The van der Waals surface area contributed by atoms with Gasteiger partial charge in [0.05, 0.1) is 19.1 Å². The van der Waals surface area contributed by atoms with Gasteiger partial charge >= 0.3 is 0 Å². The van der Waals surface area contributed by atoms with Crippen LogP contribution in [0.15, 0.2) is 24.3 Å². The van der Waals surface area contributed by atoms with Gasteiger partial charge < -0.3 is 19.7 Å². The summed E-state index contributed by atoms with van der Waals surface area (Å²) >= 11 is 0. The first-order valence-corrected chi connectivity index (χ1v) is 7.84. The van der Waals surface area contributed by atoms with Crippen LogP contribution in [0.5, 0.6) is 11.5 Å².